The fourth-order valence-electron chi connectivity index (χ4n) is 8.48. The zero-order chi connectivity index (χ0) is 50.2. The number of aliphatic hydroxyl groups is 7. The molecule has 14 heteroatoms. The Hall–Kier alpha value is -2.05. The highest BCUT2D eigenvalue weighted by molar-refractivity contribution is 5.69. The summed E-state index contributed by atoms with van der Waals surface area (Å²) < 4.78 is 34.2. The molecular formula is C55H98O14. The van der Waals surface area contributed by atoms with Crippen molar-refractivity contribution in [3.8, 4) is 0 Å². The van der Waals surface area contributed by atoms with Crippen LogP contribution in [0.15, 0.2) is 48.6 Å². The number of hydrogen-bond donors (Lipinski definition) is 7. The number of hydrogen-bond acceptors (Lipinski definition) is 14. The van der Waals surface area contributed by atoms with Crippen molar-refractivity contribution in [2.75, 3.05) is 33.0 Å². The molecule has 2 saturated heterocycles. The first-order valence-electron chi connectivity index (χ1n) is 27.2. The molecule has 0 aromatic heterocycles. The van der Waals surface area contributed by atoms with Crippen LogP contribution in [0, 0.1) is 0 Å². The summed E-state index contributed by atoms with van der Waals surface area (Å²) in [6, 6.07) is 0. The number of carbonyl (C=O) groups excluding carboxylic acids is 1. The van der Waals surface area contributed by atoms with Crippen LogP contribution in [0.25, 0.3) is 0 Å². The first kappa shape index (κ1) is 63.1. The zero-order valence-electron chi connectivity index (χ0n) is 42.8. The van der Waals surface area contributed by atoms with Gasteiger partial charge in [-0.3, -0.25) is 4.79 Å². The Morgan fingerprint density at radius 1 is 0.493 bits per heavy atom. The summed E-state index contributed by atoms with van der Waals surface area (Å²) in [5.41, 5.74) is 0. The Bertz CT molecular complexity index is 1320. The minimum absolute atomic E-state index is 0.0343. The van der Waals surface area contributed by atoms with Gasteiger partial charge >= 0.3 is 5.97 Å². The molecule has 2 aliphatic heterocycles. The lowest BCUT2D eigenvalue weighted by Crippen LogP contribution is -2.61. The van der Waals surface area contributed by atoms with Crippen molar-refractivity contribution in [2.24, 2.45) is 0 Å². The van der Waals surface area contributed by atoms with Crippen LogP contribution < -0.4 is 0 Å². The predicted molar refractivity (Wildman–Crippen MR) is 270 cm³/mol. The monoisotopic (exact) mass is 983 g/mol. The van der Waals surface area contributed by atoms with E-state index in [-0.39, 0.29) is 19.6 Å². The molecular weight excluding hydrogens is 885 g/mol. The molecule has 11 atom stereocenters. The van der Waals surface area contributed by atoms with Crippen LogP contribution in [0.1, 0.15) is 194 Å². The summed E-state index contributed by atoms with van der Waals surface area (Å²) in [7, 11) is 0. The van der Waals surface area contributed by atoms with Crippen molar-refractivity contribution >= 4 is 5.97 Å². The summed E-state index contributed by atoms with van der Waals surface area (Å²) in [6.07, 6.45) is 33.5. The lowest BCUT2D eigenvalue weighted by molar-refractivity contribution is -0.332. The molecule has 0 aliphatic carbocycles. The molecule has 0 aromatic carbocycles. The van der Waals surface area contributed by atoms with Gasteiger partial charge in [0.25, 0.3) is 0 Å². The van der Waals surface area contributed by atoms with Crippen LogP contribution in [0.2, 0.25) is 0 Å². The van der Waals surface area contributed by atoms with Gasteiger partial charge in [0.1, 0.15) is 54.9 Å². The maximum atomic E-state index is 13.0. The average Bonchev–Trinajstić information content (AvgIpc) is 3.35. The maximum Gasteiger partial charge on any atom is 0.306 e. The van der Waals surface area contributed by atoms with Gasteiger partial charge in [0.05, 0.1) is 26.4 Å². The van der Waals surface area contributed by atoms with E-state index in [1.54, 1.807) is 0 Å². The van der Waals surface area contributed by atoms with Gasteiger partial charge in [0, 0.05) is 13.0 Å². The third-order valence-electron chi connectivity index (χ3n) is 12.9. The Kier molecular flexibility index (Phi) is 38.8. The van der Waals surface area contributed by atoms with Crippen molar-refractivity contribution in [3.05, 3.63) is 48.6 Å². The Labute approximate surface area is 416 Å². The van der Waals surface area contributed by atoms with Crippen molar-refractivity contribution < 1.29 is 69.0 Å². The van der Waals surface area contributed by atoms with Crippen molar-refractivity contribution in [1.82, 2.24) is 0 Å². The van der Waals surface area contributed by atoms with Gasteiger partial charge in [-0.15, -0.1) is 0 Å². The van der Waals surface area contributed by atoms with Crippen molar-refractivity contribution in [3.63, 3.8) is 0 Å². The van der Waals surface area contributed by atoms with Crippen LogP contribution >= 0.6 is 0 Å². The summed E-state index contributed by atoms with van der Waals surface area (Å²) in [5.74, 6) is -0.453. The Balaban J connectivity index is 1.73. The first-order chi connectivity index (χ1) is 33.6. The van der Waals surface area contributed by atoms with E-state index in [4.69, 9.17) is 28.4 Å². The van der Waals surface area contributed by atoms with E-state index < -0.39 is 86.7 Å². The standard InChI is InChI=1S/C55H98O14/c1-3-5-7-9-11-13-15-17-18-19-20-21-22-23-24-25-27-29-31-33-35-37-39-64-41-44(67-47(57)38-36-34-32-30-28-26-16-14-12-10-8-6-4-2)42-65-54-53(63)51(61)49(59)46(69-54)43-66-55-52(62)50(60)48(58)45(40-56)68-55/h6,8,12,14,26,28,32,34,44-46,48-56,58-63H,3-5,7,9-11,13,15-25,27,29-31,33,35-43H2,1-2H3/b8-6-,14-12-,28-26-,34-32-. The number of ether oxygens (including phenoxy) is 6. The molecule has 2 rings (SSSR count). The molecule has 0 saturated carbocycles. The smallest absolute Gasteiger partial charge is 0.306 e. The van der Waals surface area contributed by atoms with Gasteiger partial charge in [-0.05, 0) is 38.5 Å². The topological polar surface area (TPSA) is 214 Å². The lowest BCUT2D eigenvalue weighted by Gasteiger charge is -2.42. The molecule has 0 radical (unpaired) electrons. The first-order valence-corrected chi connectivity index (χ1v) is 27.2. The minimum Gasteiger partial charge on any atom is -0.457 e. The molecule has 2 fully saturated rings. The van der Waals surface area contributed by atoms with Crippen LogP contribution in [0.4, 0.5) is 0 Å². The summed E-state index contributed by atoms with van der Waals surface area (Å²) in [6.45, 7) is 3.50. The summed E-state index contributed by atoms with van der Waals surface area (Å²) >= 11 is 0. The van der Waals surface area contributed by atoms with Crippen LogP contribution in [0.5, 0.6) is 0 Å². The summed E-state index contributed by atoms with van der Waals surface area (Å²) in [5, 5.41) is 72.1. The molecule has 14 nitrogen and oxygen atoms in total. The van der Waals surface area contributed by atoms with Gasteiger partial charge in [-0.2, -0.15) is 0 Å². The molecule has 0 bridgehead atoms. The van der Waals surface area contributed by atoms with E-state index in [1.807, 2.05) is 12.2 Å². The van der Waals surface area contributed by atoms with E-state index in [9.17, 15) is 40.5 Å². The highest BCUT2D eigenvalue weighted by Gasteiger charge is 2.47. The molecule has 2 aliphatic rings. The fraction of sp³-hybridized carbons (Fsp3) is 0.836. The van der Waals surface area contributed by atoms with E-state index >= 15 is 0 Å². The maximum absolute atomic E-state index is 13.0. The quantitative estimate of drug-likeness (QED) is 0.0173. The number of unbranched alkanes of at least 4 members (excludes halogenated alkanes) is 21. The SMILES string of the molecule is CC/C=C\C/C=C\C/C=C\C/C=C\CCC(=O)OC(COCCCCCCCCCCCCCCCCCCCCCCCC)COC1OC(COC2OC(CO)C(O)C(O)C2O)C(O)C(O)C1O. The van der Waals surface area contributed by atoms with Crippen LogP contribution in [-0.4, -0.2) is 142 Å². The molecule has 0 spiro atoms. The normalized spacial score (nSPS) is 26.0. The van der Waals surface area contributed by atoms with Gasteiger partial charge in [0.2, 0.25) is 0 Å². The number of allylic oxidation sites excluding steroid dienone is 8. The minimum atomic E-state index is -1.72. The second-order valence-electron chi connectivity index (χ2n) is 19.0. The average molecular weight is 983 g/mol. The summed E-state index contributed by atoms with van der Waals surface area (Å²) in [4.78, 5) is 13.0. The molecule has 2 heterocycles. The van der Waals surface area contributed by atoms with Gasteiger partial charge in [-0.25, -0.2) is 0 Å². The van der Waals surface area contributed by atoms with Gasteiger partial charge < -0.3 is 64.2 Å². The Morgan fingerprint density at radius 3 is 1.39 bits per heavy atom. The molecule has 0 aromatic rings. The van der Waals surface area contributed by atoms with Crippen LogP contribution in [-0.2, 0) is 33.2 Å². The molecule has 11 unspecified atom stereocenters. The highest BCUT2D eigenvalue weighted by atomic mass is 16.7. The van der Waals surface area contributed by atoms with Gasteiger partial charge in [0.15, 0.2) is 12.6 Å². The Morgan fingerprint density at radius 2 is 0.913 bits per heavy atom. The van der Waals surface area contributed by atoms with Crippen molar-refractivity contribution in [1.29, 1.82) is 0 Å². The fourth-order valence-corrected chi connectivity index (χ4v) is 8.48. The highest BCUT2D eigenvalue weighted by Crippen LogP contribution is 2.26. The molecule has 7 N–H and O–H groups in total. The number of esters is 1. The van der Waals surface area contributed by atoms with E-state index in [2.05, 4.69) is 50.3 Å². The van der Waals surface area contributed by atoms with Crippen molar-refractivity contribution in [2.45, 2.75) is 261 Å². The number of carbonyl (C=O) groups is 1. The number of rotatable bonds is 43. The predicted octanol–water partition coefficient (Wildman–Crippen LogP) is 8.74. The molecule has 402 valence electrons. The van der Waals surface area contributed by atoms with Gasteiger partial charge in [-0.1, -0.05) is 197 Å². The number of aliphatic hydroxyl groups excluding tert-OH is 7. The second kappa shape index (κ2) is 42.5. The molecule has 0 amide bonds. The largest absolute Gasteiger partial charge is 0.457 e. The lowest BCUT2D eigenvalue weighted by atomic mass is 9.98. The van der Waals surface area contributed by atoms with E-state index in [1.165, 1.54) is 122 Å². The third kappa shape index (κ3) is 29.9. The van der Waals surface area contributed by atoms with E-state index in [0.717, 1.165) is 44.9 Å². The zero-order valence-corrected chi connectivity index (χ0v) is 42.8. The van der Waals surface area contributed by atoms with E-state index in [0.29, 0.717) is 13.0 Å². The second-order valence-corrected chi connectivity index (χ2v) is 19.0. The van der Waals surface area contributed by atoms with Crippen LogP contribution in [0.3, 0.4) is 0 Å². The third-order valence-corrected chi connectivity index (χ3v) is 12.9. The molecule has 69 heavy (non-hydrogen) atoms.